The summed E-state index contributed by atoms with van der Waals surface area (Å²) in [6.45, 7) is 10.7. The minimum atomic E-state index is -0.573. The lowest BCUT2D eigenvalue weighted by molar-refractivity contribution is -0.128. The van der Waals surface area contributed by atoms with Crippen molar-refractivity contribution in [3.8, 4) is 11.8 Å². The molecule has 1 unspecified atom stereocenters. The van der Waals surface area contributed by atoms with Crippen LogP contribution in [-0.2, 0) is 9.53 Å². The van der Waals surface area contributed by atoms with Crippen LogP contribution in [0, 0.1) is 24.6 Å². The molecule has 204 valence electrons. The number of halogens is 2. The second-order valence-corrected chi connectivity index (χ2v) is 12.4. The lowest BCUT2D eigenvalue weighted by Crippen LogP contribution is -2.36. The zero-order valence-corrected chi connectivity index (χ0v) is 25.1. The lowest BCUT2D eigenvalue weighted by Gasteiger charge is -2.25. The van der Waals surface area contributed by atoms with Gasteiger partial charge in [-0.2, -0.15) is 0 Å². The summed E-state index contributed by atoms with van der Waals surface area (Å²) in [6, 6.07) is 1.67. The number of aryl methyl sites for hydroxylation is 1. The van der Waals surface area contributed by atoms with E-state index in [0.29, 0.717) is 52.2 Å². The van der Waals surface area contributed by atoms with Gasteiger partial charge in [-0.25, -0.2) is 14.2 Å². The number of fused-ring (bicyclic) bond motifs is 1. The normalized spacial score (nSPS) is 19.5. The molecule has 0 radical (unpaired) electrons. The SMILES string of the molecule is CSc1nc2c(F)c(Br)c(C)cc2c(N[C@H]2CCN(C(=O)OC(C)(C)C)C2)c1C#CC1CCCN1C(C)=O. The summed E-state index contributed by atoms with van der Waals surface area (Å²) in [5.41, 5.74) is 1.81. The molecule has 10 heteroatoms. The van der Waals surface area contributed by atoms with E-state index in [-0.39, 0.29) is 29.6 Å². The zero-order valence-electron chi connectivity index (χ0n) is 22.7. The van der Waals surface area contributed by atoms with E-state index in [1.165, 1.54) is 11.8 Å². The summed E-state index contributed by atoms with van der Waals surface area (Å²) in [4.78, 5) is 32.9. The summed E-state index contributed by atoms with van der Waals surface area (Å²) in [6.07, 6.45) is 3.99. The zero-order chi connectivity index (χ0) is 27.8. The summed E-state index contributed by atoms with van der Waals surface area (Å²) in [5, 5.41) is 4.83. The van der Waals surface area contributed by atoms with Gasteiger partial charge in [-0.05, 0) is 80.8 Å². The molecule has 1 N–H and O–H groups in total. The molecule has 2 aromatic rings. The van der Waals surface area contributed by atoms with Gasteiger partial charge in [-0.3, -0.25) is 4.79 Å². The molecule has 2 saturated heterocycles. The van der Waals surface area contributed by atoms with E-state index in [1.807, 2.05) is 40.0 Å². The van der Waals surface area contributed by atoms with Gasteiger partial charge in [0.05, 0.1) is 21.8 Å². The number of rotatable bonds is 3. The molecule has 1 aromatic carbocycles. The Labute approximate surface area is 236 Å². The number of amides is 2. The molecule has 2 atom stereocenters. The molecule has 2 aliphatic rings. The summed E-state index contributed by atoms with van der Waals surface area (Å²) >= 11 is 4.76. The molecular weight excluding hydrogens is 571 g/mol. The highest BCUT2D eigenvalue weighted by molar-refractivity contribution is 9.10. The number of likely N-dealkylation sites (tertiary alicyclic amines) is 2. The van der Waals surface area contributed by atoms with Crippen LogP contribution >= 0.6 is 27.7 Å². The van der Waals surface area contributed by atoms with Crippen LogP contribution in [0.1, 0.15) is 58.1 Å². The number of nitrogens with zero attached hydrogens (tertiary/aromatic N) is 3. The van der Waals surface area contributed by atoms with Crippen LogP contribution in [0.25, 0.3) is 10.9 Å². The van der Waals surface area contributed by atoms with Crippen molar-refractivity contribution in [2.45, 2.75) is 76.6 Å². The number of benzene rings is 1. The van der Waals surface area contributed by atoms with Gasteiger partial charge in [0.2, 0.25) is 5.91 Å². The van der Waals surface area contributed by atoms with Gasteiger partial charge in [0.15, 0.2) is 5.82 Å². The van der Waals surface area contributed by atoms with Crippen molar-refractivity contribution in [3.05, 3.63) is 27.5 Å². The third kappa shape index (κ3) is 6.04. The van der Waals surface area contributed by atoms with Crippen molar-refractivity contribution in [2.24, 2.45) is 0 Å². The Bertz CT molecular complexity index is 1330. The van der Waals surface area contributed by atoms with E-state index in [9.17, 15) is 9.59 Å². The second kappa shape index (κ2) is 11.3. The number of aromatic nitrogens is 1. The quantitative estimate of drug-likeness (QED) is 0.345. The Hall–Kier alpha value is -2.51. The Morgan fingerprint density at radius 2 is 2.03 bits per heavy atom. The first kappa shape index (κ1) is 28.5. The predicted octanol–water partition coefficient (Wildman–Crippen LogP) is 5.95. The third-order valence-electron chi connectivity index (χ3n) is 6.71. The molecule has 3 heterocycles. The highest BCUT2D eigenvalue weighted by Gasteiger charge is 2.31. The van der Waals surface area contributed by atoms with Crippen molar-refractivity contribution in [2.75, 3.05) is 31.2 Å². The van der Waals surface area contributed by atoms with Crippen molar-refractivity contribution in [1.29, 1.82) is 0 Å². The van der Waals surface area contributed by atoms with Gasteiger partial charge in [-0.15, -0.1) is 11.8 Å². The summed E-state index contributed by atoms with van der Waals surface area (Å²) in [7, 11) is 0. The van der Waals surface area contributed by atoms with E-state index in [2.05, 4.69) is 38.1 Å². The fourth-order valence-corrected chi connectivity index (χ4v) is 5.72. The molecule has 2 aliphatic heterocycles. The van der Waals surface area contributed by atoms with Crippen LogP contribution in [0.5, 0.6) is 0 Å². The molecule has 0 bridgehead atoms. The van der Waals surface area contributed by atoms with Crippen LogP contribution < -0.4 is 5.32 Å². The number of thioether (sulfide) groups is 1. The smallest absolute Gasteiger partial charge is 0.410 e. The number of hydrogen-bond acceptors (Lipinski definition) is 6. The number of nitrogens with one attached hydrogen (secondary N) is 1. The largest absolute Gasteiger partial charge is 0.444 e. The fraction of sp³-hybridized carbons (Fsp3) is 0.536. The standard InChI is InChI=1S/C28H34BrFN4O3S/c1-16-14-21-24(31-18-11-13-33(15-18)27(36)37-28(3,4)5)20(10-9-19-8-7-12-34(19)17(2)35)26(38-6)32-25(21)23(30)22(16)29/h14,18-19H,7-8,11-13,15H2,1-6H3,(H,31,32)/t18-,19?/m0/s1. The molecule has 0 spiro atoms. The average molecular weight is 606 g/mol. The maximum Gasteiger partial charge on any atom is 0.410 e. The van der Waals surface area contributed by atoms with E-state index >= 15 is 4.39 Å². The van der Waals surface area contributed by atoms with Crippen LogP contribution in [0.2, 0.25) is 0 Å². The van der Waals surface area contributed by atoms with Gasteiger partial charge in [-0.1, -0.05) is 11.8 Å². The monoisotopic (exact) mass is 604 g/mol. The Morgan fingerprint density at radius 3 is 2.68 bits per heavy atom. The minimum absolute atomic E-state index is 0.0117. The molecule has 0 aliphatic carbocycles. The average Bonchev–Trinajstić information content (AvgIpc) is 3.51. The topological polar surface area (TPSA) is 74.8 Å². The van der Waals surface area contributed by atoms with Gasteiger partial charge < -0.3 is 19.9 Å². The number of ether oxygens (including phenoxy) is 1. The maximum atomic E-state index is 15.4. The van der Waals surface area contributed by atoms with E-state index in [0.717, 1.165) is 18.4 Å². The molecule has 2 fully saturated rings. The fourth-order valence-electron chi connectivity index (χ4n) is 4.88. The highest BCUT2D eigenvalue weighted by atomic mass is 79.9. The van der Waals surface area contributed by atoms with Crippen molar-refractivity contribution in [1.82, 2.24) is 14.8 Å². The van der Waals surface area contributed by atoms with Gasteiger partial charge >= 0.3 is 6.09 Å². The molecule has 4 rings (SSSR count). The van der Waals surface area contributed by atoms with E-state index in [4.69, 9.17) is 4.74 Å². The molecule has 0 saturated carbocycles. The van der Waals surface area contributed by atoms with Crippen LogP contribution in [0.15, 0.2) is 15.6 Å². The summed E-state index contributed by atoms with van der Waals surface area (Å²) < 4.78 is 21.3. The number of pyridine rings is 1. The molecule has 38 heavy (non-hydrogen) atoms. The van der Waals surface area contributed by atoms with Gasteiger partial charge in [0, 0.05) is 38.0 Å². The maximum absolute atomic E-state index is 15.4. The van der Waals surface area contributed by atoms with Crippen LogP contribution in [0.4, 0.5) is 14.9 Å². The van der Waals surface area contributed by atoms with Crippen LogP contribution in [-0.4, -0.2) is 70.4 Å². The Balaban J connectivity index is 1.77. The number of anilines is 1. The minimum Gasteiger partial charge on any atom is -0.444 e. The molecule has 7 nitrogen and oxygen atoms in total. The van der Waals surface area contributed by atoms with E-state index < -0.39 is 11.4 Å². The number of carbonyl (C=O) groups is 2. The van der Waals surface area contributed by atoms with Crippen molar-refractivity contribution >= 4 is 56.3 Å². The van der Waals surface area contributed by atoms with Gasteiger partial charge in [0.25, 0.3) is 0 Å². The molecule has 2 amide bonds. The first-order chi connectivity index (χ1) is 17.9. The van der Waals surface area contributed by atoms with Crippen molar-refractivity contribution in [3.63, 3.8) is 0 Å². The number of hydrogen-bond donors (Lipinski definition) is 1. The number of carbonyl (C=O) groups excluding carboxylic acids is 2. The lowest BCUT2D eigenvalue weighted by atomic mass is 10.0. The molecule has 1 aromatic heterocycles. The van der Waals surface area contributed by atoms with E-state index in [1.54, 1.807) is 16.7 Å². The Kier molecular flexibility index (Phi) is 8.48. The first-order valence-electron chi connectivity index (χ1n) is 12.8. The molecular formula is C28H34BrFN4O3S. The second-order valence-electron chi connectivity index (χ2n) is 10.8. The Morgan fingerprint density at radius 1 is 1.29 bits per heavy atom. The summed E-state index contributed by atoms with van der Waals surface area (Å²) in [5.74, 6) is 6.21. The highest BCUT2D eigenvalue weighted by Crippen LogP contribution is 2.38. The predicted molar refractivity (Wildman–Crippen MR) is 153 cm³/mol. The third-order valence-corrected chi connectivity index (χ3v) is 8.37. The van der Waals surface area contributed by atoms with Crippen LogP contribution in [0.3, 0.4) is 0 Å². The first-order valence-corrected chi connectivity index (χ1v) is 14.8. The van der Waals surface area contributed by atoms with Gasteiger partial charge in [0.1, 0.15) is 16.1 Å². The van der Waals surface area contributed by atoms with Crippen molar-refractivity contribution < 1.29 is 18.7 Å².